The number of nitrogens with one attached hydrogen (secondary N) is 1. The second-order valence-electron chi connectivity index (χ2n) is 4.74. The fourth-order valence-electron chi connectivity index (χ4n) is 1.98. The normalized spacial score (nSPS) is 11.7. The fourth-order valence-corrected chi connectivity index (χ4v) is 2.19. The van der Waals surface area contributed by atoms with Crippen molar-refractivity contribution >= 4 is 24.0 Å². The van der Waals surface area contributed by atoms with Crippen LogP contribution in [0.25, 0.3) is 0 Å². The van der Waals surface area contributed by atoms with E-state index < -0.39 is 0 Å². The summed E-state index contributed by atoms with van der Waals surface area (Å²) < 4.78 is 0. The molecule has 0 saturated heterocycles. The molecule has 0 amide bonds. The molecule has 0 bridgehead atoms. The topological polar surface area (TPSA) is 32.3 Å². The van der Waals surface area contributed by atoms with Crippen LogP contribution in [0.4, 0.5) is 0 Å². The van der Waals surface area contributed by atoms with Crippen molar-refractivity contribution in [3.63, 3.8) is 0 Å². The van der Waals surface area contributed by atoms with Crippen LogP contribution in [0.5, 0.6) is 5.75 Å². The maximum Gasteiger partial charge on any atom is 0.115 e. The summed E-state index contributed by atoms with van der Waals surface area (Å²) in [6.07, 6.45) is 0.921. The molecule has 0 fully saturated rings. The molecule has 0 saturated carbocycles. The maximum absolute atomic E-state index is 9.24. The van der Waals surface area contributed by atoms with Gasteiger partial charge >= 0.3 is 0 Å². The molecular formula is C16H19Cl2NO. The Labute approximate surface area is 131 Å². The van der Waals surface area contributed by atoms with Crippen molar-refractivity contribution in [2.45, 2.75) is 25.9 Å². The minimum atomic E-state index is 0. The maximum atomic E-state index is 9.24. The fraction of sp³-hybridized carbons (Fsp3) is 0.250. The monoisotopic (exact) mass is 311 g/mol. The van der Waals surface area contributed by atoms with Crippen molar-refractivity contribution < 1.29 is 5.11 Å². The molecule has 0 aliphatic heterocycles. The van der Waals surface area contributed by atoms with Gasteiger partial charge in [-0.15, -0.1) is 12.4 Å². The van der Waals surface area contributed by atoms with Gasteiger partial charge in [0.15, 0.2) is 0 Å². The quantitative estimate of drug-likeness (QED) is 0.868. The Hall–Kier alpha value is -1.22. The molecule has 1 atom stereocenters. The van der Waals surface area contributed by atoms with E-state index in [9.17, 15) is 5.11 Å². The molecule has 0 spiro atoms. The molecule has 2 N–H and O–H groups in total. The Bertz CT molecular complexity index is 528. The van der Waals surface area contributed by atoms with Crippen LogP contribution in [0.3, 0.4) is 0 Å². The molecule has 2 rings (SSSR count). The summed E-state index contributed by atoms with van der Waals surface area (Å²) in [5, 5.41) is 13.5. The van der Waals surface area contributed by atoms with Gasteiger partial charge in [-0.05, 0) is 42.7 Å². The Balaban J connectivity index is 0.00000200. The summed E-state index contributed by atoms with van der Waals surface area (Å²) >= 11 is 6.12. The van der Waals surface area contributed by atoms with Gasteiger partial charge < -0.3 is 10.4 Å². The first-order valence-corrected chi connectivity index (χ1v) is 6.77. The smallest absolute Gasteiger partial charge is 0.115 e. The lowest BCUT2D eigenvalue weighted by atomic mass is 10.1. The molecule has 2 aromatic carbocycles. The number of benzene rings is 2. The van der Waals surface area contributed by atoms with E-state index in [0.717, 1.165) is 23.6 Å². The third-order valence-electron chi connectivity index (χ3n) is 3.08. The Morgan fingerprint density at radius 3 is 2.40 bits per heavy atom. The first-order chi connectivity index (χ1) is 9.15. The van der Waals surface area contributed by atoms with E-state index in [4.69, 9.17) is 11.6 Å². The van der Waals surface area contributed by atoms with Crippen molar-refractivity contribution in [2.75, 3.05) is 0 Å². The van der Waals surface area contributed by atoms with Crippen molar-refractivity contribution in [3.8, 4) is 5.75 Å². The summed E-state index contributed by atoms with van der Waals surface area (Å²) in [5.41, 5.74) is 2.32. The highest BCUT2D eigenvalue weighted by Crippen LogP contribution is 2.15. The molecule has 0 aliphatic rings. The molecule has 2 nitrogen and oxygen atoms in total. The molecule has 0 unspecified atom stereocenters. The number of halogens is 2. The third-order valence-corrected chi connectivity index (χ3v) is 3.45. The molecular weight excluding hydrogens is 293 g/mol. The van der Waals surface area contributed by atoms with Crippen molar-refractivity contribution in [2.24, 2.45) is 0 Å². The Kier molecular flexibility index (Phi) is 6.86. The highest BCUT2D eigenvalue weighted by atomic mass is 35.5. The second-order valence-corrected chi connectivity index (χ2v) is 5.15. The van der Waals surface area contributed by atoms with Crippen LogP contribution in [0.2, 0.25) is 5.02 Å². The van der Waals surface area contributed by atoms with Crippen LogP contribution < -0.4 is 5.32 Å². The van der Waals surface area contributed by atoms with Crippen LogP contribution in [-0.4, -0.2) is 11.1 Å². The van der Waals surface area contributed by atoms with Crippen molar-refractivity contribution in [1.29, 1.82) is 0 Å². The summed E-state index contributed by atoms with van der Waals surface area (Å²) in [6.45, 7) is 2.91. The molecule has 108 valence electrons. The Morgan fingerprint density at radius 1 is 1.10 bits per heavy atom. The number of hydrogen-bond acceptors (Lipinski definition) is 2. The van der Waals surface area contributed by atoms with E-state index in [2.05, 4.69) is 12.2 Å². The predicted octanol–water partition coefficient (Wildman–Crippen LogP) is 4.19. The summed E-state index contributed by atoms with van der Waals surface area (Å²) in [4.78, 5) is 0. The van der Waals surface area contributed by atoms with E-state index in [0.29, 0.717) is 11.8 Å². The predicted molar refractivity (Wildman–Crippen MR) is 86.8 cm³/mol. The van der Waals surface area contributed by atoms with Gasteiger partial charge in [-0.1, -0.05) is 41.9 Å². The third kappa shape index (κ3) is 5.04. The van der Waals surface area contributed by atoms with E-state index in [1.807, 2.05) is 36.4 Å². The molecule has 0 aromatic heterocycles. The zero-order valence-electron chi connectivity index (χ0n) is 11.3. The van der Waals surface area contributed by atoms with Gasteiger partial charge in [0.1, 0.15) is 5.75 Å². The number of rotatable bonds is 5. The van der Waals surface area contributed by atoms with E-state index >= 15 is 0 Å². The van der Waals surface area contributed by atoms with Crippen LogP contribution in [0.1, 0.15) is 18.1 Å². The molecule has 4 heteroatoms. The van der Waals surface area contributed by atoms with Crippen LogP contribution in [-0.2, 0) is 13.0 Å². The van der Waals surface area contributed by atoms with Gasteiger partial charge in [-0.3, -0.25) is 0 Å². The summed E-state index contributed by atoms with van der Waals surface area (Å²) in [6, 6.07) is 15.5. The second kappa shape index (κ2) is 8.15. The Morgan fingerprint density at radius 2 is 1.75 bits per heavy atom. The minimum Gasteiger partial charge on any atom is -0.508 e. The highest BCUT2D eigenvalue weighted by molar-refractivity contribution is 6.31. The lowest BCUT2D eigenvalue weighted by Gasteiger charge is -2.14. The van der Waals surface area contributed by atoms with Crippen molar-refractivity contribution in [3.05, 3.63) is 64.7 Å². The molecule has 0 radical (unpaired) electrons. The summed E-state index contributed by atoms with van der Waals surface area (Å²) in [5.74, 6) is 0.306. The van der Waals surface area contributed by atoms with Crippen LogP contribution >= 0.6 is 24.0 Å². The minimum absolute atomic E-state index is 0. The highest BCUT2D eigenvalue weighted by Gasteiger charge is 2.05. The first kappa shape index (κ1) is 16.8. The first-order valence-electron chi connectivity index (χ1n) is 6.40. The van der Waals surface area contributed by atoms with Gasteiger partial charge in [-0.2, -0.15) is 0 Å². The zero-order valence-corrected chi connectivity index (χ0v) is 12.9. The average Bonchev–Trinajstić information content (AvgIpc) is 2.40. The van der Waals surface area contributed by atoms with E-state index in [1.54, 1.807) is 12.1 Å². The van der Waals surface area contributed by atoms with E-state index in [1.165, 1.54) is 5.56 Å². The largest absolute Gasteiger partial charge is 0.508 e. The zero-order chi connectivity index (χ0) is 13.7. The lowest BCUT2D eigenvalue weighted by molar-refractivity contribution is 0.474. The standard InChI is InChI=1S/C16H18ClNO.ClH/c1-12(10-13-6-8-15(19)9-7-13)18-11-14-4-2-3-5-16(14)17;/h2-9,12,18-19H,10-11H2,1H3;1H/t12-;/m0./s1. The molecule has 20 heavy (non-hydrogen) atoms. The molecule has 2 aromatic rings. The van der Waals surface area contributed by atoms with Crippen LogP contribution in [0, 0.1) is 0 Å². The van der Waals surface area contributed by atoms with Gasteiger partial charge in [0, 0.05) is 17.6 Å². The SMILES string of the molecule is C[C@@H](Cc1ccc(O)cc1)NCc1ccccc1Cl.Cl. The van der Waals surface area contributed by atoms with E-state index in [-0.39, 0.29) is 12.4 Å². The lowest BCUT2D eigenvalue weighted by Crippen LogP contribution is -2.27. The van der Waals surface area contributed by atoms with Crippen LogP contribution in [0.15, 0.2) is 48.5 Å². The molecule has 0 aliphatic carbocycles. The summed E-state index contributed by atoms with van der Waals surface area (Å²) in [7, 11) is 0. The number of phenols is 1. The number of phenolic OH excluding ortho intramolecular Hbond substituents is 1. The number of hydrogen-bond donors (Lipinski definition) is 2. The van der Waals surface area contributed by atoms with Crippen molar-refractivity contribution in [1.82, 2.24) is 5.32 Å². The van der Waals surface area contributed by atoms with Gasteiger partial charge in [0.2, 0.25) is 0 Å². The molecule has 0 heterocycles. The van der Waals surface area contributed by atoms with Gasteiger partial charge in [0.25, 0.3) is 0 Å². The average molecular weight is 312 g/mol. The van der Waals surface area contributed by atoms with Gasteiger partial charge in [-0.25, -0.2) is 0 Å². The van der Waals surface area contributed by atoms with Gasteiger partial charge in [0.05, 0.1) is 0 Å². The number of aromatic hydroxyl groups is 1.